The number of aryl methyl sites for hydroxylation is 2. The first-order chi connectivity index (χ1) is 30.0. The van der Waals surface area contributed by atoms with Crippen LogP contribution in [0.2, 0.25) is 0 Å². The van der Waals surface area contributed by atoms with Gasteiger partial charge >= 0.3 is 0 Å². The fourth-order valence-electron chi connectivity index (χ4n) is 13.0. The lowest BCUT2D eigenvalue weighted by atomic mass is 9.32. The Morgan fingerprint density at radius 2 is 1.02 bits per heavy atom. The number of hydrogen-bond donors (Lipinski definition) is 0. The first-order valence-corrected chi connectivity index (χ1v) is 25.2. The summed E-state index contributed by atoms with van der Waals surface area (Å²) in [4.78, 5) is 7.05. The summed E-state index contributed by atoms with van der Waals surface area (Å²) in [6.45, 7) is 34.7. The highest BCUT2D eigenvalue weighted by atomic mass is 32.1. The van der Waals surface area contributed by atoms with Crippen LogP contribution < -0.4 is 26.2 Å². The third kappa shape index (κ3) is 6.02. The van der Waals surface area contributed by atoms with Crippen molar-refractivity contribution in [3.63, 3.8) is 0 Å². The minimum atomic E-state index is 0.0328. The van der Waals surface area contributed by atoms with Gasteiger partial charge in [0.05, 0.1) is 10.7 Å². The molecular weight excluding hydrogens is 792 g/mol. The van der Waals surface area contributed by atoms with Gasteiger partial charge in [0.2, 0.25) is 0 Å². The lowest BCUT2D eigenvalue weighted by Crippen LogP contribution is -2.62. The molecule has 0 radical (unpaired) electrons. The summed E-state index contributed by atoms with van der Waals surface area (Å²) in [5, 5.41) is 1.42. The van der Waals surface area contributed by atoms with Gasteiger partial charge in [-0.3, -0.25) is 0 Å². The molecular formula is C60H69BN2S. The minimum Gasteiger partial charge on any atom is -0.311 e. The zero-order chi connectivity index (χ0) is 45.3. The van der Waals surface area contributed by atoms with E-state index in [0.717, 1.165) is 0 Å². The van der Waals surface area contributed by atoms with Crippen LogP contribution in [0.25, 0.3) is 11.1 Å². The first kappa shape index (κ1) is 42.1. The van der Waals surface area contributed by atoms with Crippen LogP contribution in [0.5, 0.6) is 0 Å². The zero-order valence-electron chi connectivity index (χ0n) is 41.3. The molecule has 0 saturated carbocycles. The quantitative estimate of drug-likeness (QED) is 0.163. The minimum absolute atomic E-state index is 0.0328. The summed E-state index contributed by atoms with van der Waals surface area (Å²) in [5.41, 5.74) is 24.4. The van der Waals surface area contributed by atoms with Gasteiger partial charge in [-0.1, -0.05) is 137 Å². The van der Waals surface area contributed by atoms with Crippen molar-refractivity contribution in [1.82, 2.24) is 0 Å². The number of thiophene rings is 1. The van der Waals surface area contributed by atoms with Crippen molar-refractivity contribution in [2.45, 2.75) is 168 Å². The Morgan fingerprint density at radius 1 is 0.453 bits per heavy atom. The fourth-order valence-corrected chi connectivity index (χ4v) is 14.7. The molecule has 5 aromatic carbocycles. The molecule has 1 aromatic heterocycles. The number of fused-ring (bicyclic) bond motifs is 8. The standard InChI is InChI=1S/C60H69BN2S/c1-36-20-23-46-45(30-36)61-51-48(62(46)39-21-22-41-42(33-39)56(5,6)25-24-55(41,3)4)31-37(2)32-49(51)63(54-52(61)50-53(64-54)60(13,14)29-28-59(50,11)12)47-35-44-43(57(7,8)26-27-58(44,9)10)34-40(47)38-18-16-15-17-19-38/h15-23,30-35H,24-29H2,1-14H3. The Bertz CT molecular complexity index is 2940. The predicted octanol–water partition coefficient (Wildman–Crippen LogP) is 15.2. The SMILES string of the molecule is Cc1ccc2c(c1)B1c3c(cc(C)cc3N(c3cc4c(cc3-c3ccccc3)C(C)(C)CCC4(C)C)c3sc4c(c31)C(C)(C)CCC4(C)C)N2c1ccc2c(c1)C(C)(C)CCC2(C)C. The first-order valence-electron chi connectivity index (χ1n) is 24.4. The molecule has 3 heterocycles. The molecule has 2 nitrogen and oxygen atoms in total. The highest BCUT2D eigenvalue weighted by Crippen LogP contribution is 2.58. The van der Waals surface area contributed by atoms with E-state index in [0.29, 0.717) is 0 Å². The molecule has 6 aromatic rings. The van der Waals surface area contributed by atoms with Crippen LogP contribution in [0.1, 0.15) is 165 Å². The van der Waals surface area contributed by atoms with Gasteiger partial charge in [0.1, 0.15) is 0 Å². The van der Waals surface area contributed by atoms with Gasteiger partial charge in [-0.25, -0.2) is 0 Å². The topological polar surface area (TPSA) is 6.48 Å². The van der Waals surface area contributed by atoms with Crippen molar-refractivity contribution >= 4 is 67.9 Å². The van der Waals surface area contributed by atoms with Gasteiger partial charge in [0.15, 0.2) is 0 Å². The van der Waals surface area contributed by atoms with Crippen molar-refractivity contribution in [2.24, 2.45) is 0 Å². The molecule has 2 aliphatic heterocycles. The summed E-state index contributed by atoms with van der Waals surface area (Å²) in [5.74, 6) is 0. The van der Waals surface area contributed by atoms with E-state index in [9.17, 15) is 0 Å². The molecule has 64 heavy (non-hydrogen) atoms. The van der Waals surface area contributed by atoms with Crippen molar-refractivity contribution in [3.8, 4) is 11.1 Å². The normalized spacial score (nSPS) is 20.9. The van der Waals surface area contributed by atoms with Gasteiger partial charge in [-0.2, -0.15) is 0 Å². The van der Waals surface area contributed by atoms with Gasteiger partial charge < -0.3 is 9.80 Å². The van der Waals surface area contributed by atoms with E-state index in [1.807, 2.05) is 0 Å². The average molecular weight is 861 g/mol. The number of anilines is 6. The van der Waals surface area contributed by atoms with E-state index >= 15 is 0 Å². The number of nitrogens with zero attached hydrogens (tertiary/aromatic N) is 2. The van der Waals surface area contributed by atoms with E-state index in [4.69, 9.17) is 0 Å². The Morgan fingerprint density at radius 3 is 1.67 bits per heavy atom. The Balaban J connectivity index is 1.28. The molecule has 4 heteroatoms. The second-order valence-electron chi connectivity index (χ2n) is 24.7. The summed E-state index contributed by atoms with van der Waals surface area (Å²) in [6.07, 6.45) is 7.15. The van der Waals surface area contributed by atoms with E-state index in [2.05, 4.69) is 209 Å². The summed E-state index contributed by atoms with van der Waals surface area (Å²) in [7, 11) is 0. The molecule has 0 atom stereocenters. The summed E-state index contributed by atoms with van der Waals surface area (Å²) in [6, 6.07) is 36.5. The van der Waals surface area contributed by atoms with Crippen LogP contribution >= 0.6 is 11.3 Å². The van der Waals surface area contributed by atoms with Gasteiger partial charge in [0, 0.05) is 33.2 Å². The van der Waals surface area contributed by atoms with Crippen LogP contribution in [-0.2, 0) is 32.5 Å². The molecule has 0 bridgehead atoms. The van der Waals surface area contributed by atoms with Crippen LogP contribution in [0.3, 0.4) is 0 Å². The van der Waals surface area contributed by atoms with Gasteiger partial charge in [0.25, 0.3) is 6.71 Å². The summed E-state index contributed by atoms with van der Waals surface area (Å²) >= 11 is 2.11. The second-order valence-corrected chi connectivity index (χ2v) is 25.7. The molecule has 0 unspecified atom stereocenters. The zero-order valence-corrected chi connectivity index (χ0v) is 42.1. The third-order valence-corrected chi connectivity index (χ3v) is 18.8. The van der Waals surface area contributed by atoms with Crippen molar-refractivity contribution in [1.29, 1.82) is 0 Å². The van der Waals surface area contributed by atoms with Crippen LogP contribution in [0.4, 0.5) is 33.4 Å². The fraction of sp³-hybridized carbons (Fsp3) is 0.433. The van der Waals surface area contributed by atoms with E-state index in [-0.39, 0.29) is 39.2 Å². The van der Waals surface area contributed by atoms with Crippen molar-refractivity contribution in [3.05, 3.63) is 135 Å². The highest BCUT2D eigenvalue weighted by Gasteiger charge is 2.52. The molecule has 5 aliphatic rings. The van der Waals surface area contributed by atoms with Crippen molar-refractivity contribution in [2.75, 3.05) is 9.80 Å². The molecule has 328 valence electrons. The number of hydrogen-bond acceptors (Lipinski definition) is 3. The predicted molar refractivity (Wildman–Crippen MR) is 279 cm³/mol. The average Bonchev–Trinajstić information content (AvgIpc) is 3.66. The third-order valence-electron chi connectivity index (χ3n) is 17.3. The number of rotatable bonds is 3. The van der Waals surface area contributed by atoms with E-state index < -0.39 is 0 Å². The molecule has 3 aliphatic carbocycles. The van der Waals surface area contributed by atoms with Crippen LogP contribution in [0, 0.1) is 13.8 Å². The monoisotopic (exact) mass is 861 g/mol. The smallest absolute Gasteiger partial charge is 0.253 e. The van der Waals surface area contributed by atoms with Crippen molar-refractivity contribution < 1.29 is 0 Å². The number of benzene rings is 5. The maximum absolute atomic E-state index is 2.80. The molecule has 0 amide bonds. The maximum Gasteiger partial charge on any atom is 0.253 e. The Kier molecular flexibility index (Phi) is 8.90. The highest BCUT2D eigenvalue weighted by molar-refractivity contribution is 7.20. The lowest BCUT2D eigenvalue weighted by molar-refractivity contribution is 0.332. The summed E-state index contributed by atoms with van der Waals surface area (Å²) < 4.78 is 0. The molecule has 11 rings (SSSR count). The van der Waals surface area contributed by atoms with E-state index in [1.165, 1.54) is 127 Å². The maximum atomic E-state index is 2.80. The molecule has 0 fully saturated rings. The lowest BCUT2D eigenvalue weighted by Gasteiger charge is -2.47. The van der Waals surface area contributed by atoms with Gasteiger partial charge in [-0.15, -0.1) is 11.3 Å². The second kappa shape index (κ2) is 13.5. The molecule has 0 saturated heterocycles. The van der Waals surface area contributed by atoms with E-state index in [1.54, 1.807) is 15.9 Å². The Labute approximate surface area is 389 Å². The largest absolute Gasteiger partial charge is 0.311 e. The van der Waals surface area contributed by atoms with Gasteiger partial charge in [-0.05, 0) is 183 Å². The molecule has 0 N–H and O–H groups in total. The molecule has 0 spiro atoms. The Hall–Kier alpha value is -4.54. The van der Waals surface area contributed by atoms with Crippen LogP contribution in [-0.4, -0.2) is 6.71 Å². The van der Waals surface area contributed by atoms with Crippen LogP contribution in [0.15, 0.2) is 91.0 Å².